The lowest BCUT2D eigenvalue weighted by Crippen LogP contribution is -2.67. The van der Waals surface area contributed by atoms with Gasteiger partial charge in [-0.15, -0.1) is 23.2 Å². The second kappa shape index (κ2) is 12.6. The van der Waals surface area contributed by atoms with Gasteiger partial charge < -0.3 is 23.9 Å². The molecule has 14 nitrogen and oxygen atoms in total. The van der Waals surface area contributed by atoms with Crippen LogP contribution >= 0.6 is 46.4 Å². The summed E-state index contributed by atoms with van der Waals surface area (Å²) in [6.07, 6.45) is 1.12. The predicted octanol–water partition coefficient (Wildman–Crippen LogP) is 3.50. The Labute approximate surface area is 313 Å². The Morgan fingerprint density at radius 3 is 2.23 bits per heavy atom. The summed E-state index contributed by atoms with van der Waals surface area (Å²) in [6, 6.07) is 6.27. The van der Waals surface area contributed by atoms with E-state index in [4.69, 9.17) is 60.6 Å². The number of methoxy groups -OCH3 is 3. The van der Waals surface area contributed by atoms with Gasteiger partial charge in [-0.2, -0.15) is 0 Å². The monoisotopic (exact) mass is 791 g/mol. The molecule has 0 saturated heterocycles. The predicted molar refractivity (Wildman–Crippen MR) is 192 cm³/mol. The molecule has 52 heavy (non-hydrogen) atoms. The number of benzene rings is 2. The molecule has 7 rings (SSSR count). The molecule has 2 aromatic heterocycles. The van der Waals surface area contributed by atoms with Gasteiger partial charge in [-0.25, -0.2) is 28.5 Å². The van der Waals surface area contributed by atoms with Crippen LogP contribution in [0.1, 0.15) is 29.6 Å². The van der Waals surface area contributed by atoms with Gasteiger partial charge in [0.2, 0.25) is 0 Å². The quantitative estimate of drug-likeness (QED) is 0.216. The van der Waals surface area contributed by atoms with Gasteiger partial charge in [0.15, 0.2) is 23.1 Å². The maximum Gasteiger partial charge on any atom is 0.347 e. The topological polar surface area (TPSA) is 166 Å². The molecular formula is C34H29Cl4N5O9. The van der Waals surface area contributed by atoms with E-state index in [1.54, 1.807) is 25.3 Å². The van der Waals surface area contributed by atoms with Crippen LogP contribution in [0.25, 0.3) is 11.0 Å². The van der Waals surface area contributed by atoms with Gasteiger partial charge in [0, 0.05) is 56.1 Å². The summed E-state index contributed by atoms with van der Waals surface area (Å²) in [4.78, 5) is 69.4. The number of carbonyl (C=O) groups is 2. The second-order valence-electron chi connectivity index (χ2n) is 12.6. The Balaban J connectivity index is 1.35. The smallest absolute Gasteiger partial charge is 0.347 e. The van der Waals surface area contributed by atoms with Crippen molar-refractivity contribution < 1.29 is 28.9 Å². The first-order valence-electron chi connectivity index (χ1n) is 15.8. The van der Waals surface area contributed by atoms with Gasteiger partial charge >= 0.3 is 11.4 Å². The van der Waals surface area contributed by atoms with Gasteiger partial charge in [0.05, 0.1) is 44.9 Å². The number of phenolic OH excluding ortho intramolecular Hbond substituents is 1. The lowest BCUT2D eigenvalue weighted by Gasteiger charge is -2.54. The van der Waals surface area contributed by atoms with Crippen LogP contribution in [0.3, 0.4) is 0 Å². The molecule has 2 aromatic carbocycles. The number of phenols is 1. The van der Waals surface area contributed by atoms with Gasteiger partial charge in [-0.05, 0) is 11.6 Å². The number of ether oxygens (including phenoxy) is 3. The number of halogens is 4. The first kappa shape index (κ1) is 35.9. The van der Waals surface area contributed by atoms with E-state index < -0.39 is 66.7 Å². The van der Waals surface area contributed by atoms with Gasteiger partial charge in [0.25, 0.3) is 5.56 Å². The number of allylic oxidation sites excluding steroid dienone is 4. The van der Waals surface area contributed by atoms with Crippen molar-refractivity contribution in [2.75, 3.05) is 21.3 Å². The van der Waals surface area contributed by atoms with Crippen molar-refractivity contribution in [1.82, 2.24) is 23.5 Å². The lowest BCUT2D eigenvalue weighted by atomic mass is 9.59. The van der Waals surface area contributed by atoms with E-state index >= 15 is 0 Å². The molecule has 18 heteroatoms. The summed E-state index contributed by atoms with van der Waals surface area (Å²) >= 11 is 27.0. The first-order chi connectivity index (χ1) is 24.6. The number of aromatic nitrogens is 5. The Bertz CT molecular complexity index is 2500. The molecule has 272 valence electrons. The van der Waals surface area contributed by atoms with Crippen LogP contribution in [0.5, 0.6) is 23.0 Å². The van der Waals surface area contributed by atoms with Crippen LogP contribution in [0.15, 0.2) is 66.4 Å². The third-order valence-electron chi connectivity index (χ3n) is 10.1. The highest BCUT2D eigenvalue weighted by atomic mass is 35.5. The molecule has 3 aliphatic rings. The number of aromatic hydroxyl groups is 1. The van der Waals surface area contributed by atoms with Crippen molar-refractivity contribution in [2.24, 2.45) is 7.05 Å². The summed E-state index contributed by atoms with van der Waals surface area (Å²) in [6.45, 7) is -0.355. The van der Waals surface area contributed by atoms with E-state index in [-0.39, 0.29) is 42.3 Å². The summed E-state index contributed by atoms with van der Waals surface area (Å²) in [5, 5.41) is 9.03. The highest BCUT2D eigenvalue weighted by Crippen LogP contribution is 2.64. The number of ketones is 2. The molecule has 1 saturated carbocycles. The minimum absolute atomic E-state index is 0.0925. The molecule has 2 aliphatic carbocycles. The summed E-state index contributed by atoms with van der Waals surface area (Å²) in [5.41, 5.74) is -0.253. The number of carbonyl (C=O) groups excluding carboxylic acids is 2. The number of rotatable bonds is 7. The van der Waals surface area contributed by atoms with E-state index in [0.29, 0.717) is 28.1 Å². The van der Waals surface area contributed by atoms with Crippen LogP contribution in [0.2, 0.25) is 0 Å². The summed E-state index contributed by atoms with van der Waals surface area (Å²) in [7, 11) is 5.86. The standard InChI is InChI=1S/C34H29Cl4N5O9/c1-40-20-13-24(52-4)23(51-3)12-19(20)39-18(30(40)47)8-9-41-31(48)42-10-7-16-21(43(42)32(41)49)14-33(37)28(45)26(35)27(36)29(46)34(33,38)25(16)17-6-5-15(44)11-22(17)50-2/h5-7,11-13,21,25,44H,8-10,14H2,1-4H3/t21-,25-,33-,34+/m1/s1. The van der Waals surface area contributed by atoms with Crippen LogP contribution in [0.4, 0.5) is 0 Å². The summed E-state index contributed by atoms with van der Waals surface area (Å²) in [5.74, 6) is -2.34. The highest BCUT2D eigenvalue weighted by molar-refractivity contribution is 6.66. The SMILES string of the molecule is COc1cc2nc(CCn3c(=O)n4n(c3=O)[C@@H]3C[C@@]5(Cl)C(=O)C(Cl)=C(Cl)C(=O)[C@@]5(Cl)[C@@H](c5ccc(O)cc5OC)C3=CC4)c(=O)n(C)c2cc1OC. The normalized spacial score (nSPS) is 24.0. The Morgan fingerprint density at radius 2 is 1.56 bits per heavy atom. The number of alkyl halides is 2. The number of hydrogen-bond donors (Lipinski definition) is 1. The minimum Gasteiger partial charge on any atom is -0.508 e. The zero-order chi connectivity index (χ0) is 37.6. The molecule has 0 unspecified atom stereocenters. The van der Waals surface area contributed by atoms with E-state index in [1.807, 2.05) is 0 Å². The van der Waals surface area contributed by atoms with Crippen LogP contribution in [0, 0.1) is 0 Å². The molecule has 1 N–H and O–H groups in total. The van der Waals surface area contributed by atoms with Crippen molar-refractivity contribution in [3.8, 4) is 23.0 Å². The molecule has 0 spiro atoms. The molecule has 0 radical (unpaired) electrons. The minimum atomic E-state index is -2.27. The molecule has 4 aromatic rings. The zero-order valence-corrected chi connectivity index (χ0v) is 30.9. The maximum absolute atomic E-state index is 14.2. The zero-order valence-electron chi connectivity index (χ0n) is 27.9. The fourth-order valence-corrected chi connectivity index (χ4v) is 9.10. The first-order valence-corrected chi connectivity index (χ1v) is 17.3. The Hall–Kier alpha value is -4.50. The Kier molecular flexibility index (Phi) is 8.68. The highest BCUT2D eigenvalue weighted by Gasteiger charge is 2.71. The average Bonchev–Trinajstić information content (AvgIpc) is 3.38. The third kappa shape index (κ3) is 4.84. The number of nitrogens with zero attached hydrogens (tertiary/aromatic N) is 5. The number of Topliss-reactive ketones (excluding diaryl/α,β-unsaturated/α-hetero) is 2. The van der Waals surface area contributed by atoms with Crippen LogP contribution in [-0.2, 0) is 36.1 Å². The molecule has 3 heterocycles. The molecule has 1 fully saturated rings. The fraction of sp³-hybridized carbons (Fsp3) is 0.353. The molecule has 0 amide bonds. The fourth-order valence-electron chi connectivity index (χ4n) is 7.58. The van der Waals surface area contributed by atoms with E-state index in [1.165, 1.54) is 53.5 Å². The van der Waals surface area contributed by atoms with E-state index in [9.17, 15) is 29.1 Å². The largest absolute Gasteiger partial charge is 0.508 e. The number of hydrogen-bond acceptors (Lipinski definition) is 10. The lowest BCUT2D eigenvalue weighted by molar-refractivity contribution is -0.128. The Morgan fingerprint density at radius 1 is 0.904 bits per heavy atom. The average molecular weight is 793 g/mol. The van der Waals surface area contributed by atoms with Crippen molar-refractivity contribution in [3.63, 3.8) is 0 Å². The summed E-state index contributed by atoms with van der Waals surface area (Å²) < 4.78 is 21.0. The van der Waals surface area contributed by atoms with Gasteiger partial charge in [-0.1, -0.05) is 35.3 Å². The number of fused-ring (bicyclic) bond motifs is 5. The van der Waals surface area contributed by atoms with Gasteiger partial charge in [-0.3, -0.25) is 14.4 Å². The van der Waals surface area contributed by atoms with Crippen molar-refractivity contribution in [1.29, 1.82) is 0 Å². The van der Waals surface area contributed by atoms with Crippen molar-refractivity contribution in [3.05, 3.63) is 94.6 Å². The van der Waals surface area contributed by atoms with E-state index in [0.717, 1.165) is 4.57 Å². The molecule has 4 atom stereocenters. The maximum atomic E-state index is 14.2. The van der Waals surface area contributed by atoms with Crippen LogP contribution in [-0.4, -0.2) is 71.2 Å². The van der Waals surface area contributed by atoms with Crippen LogP contribution < -0.4 is 31.1 Å². The second-order valence-corrected chi connectivity index (χ2v) is 14.6. The van der Waals surface area contributed by atoms with Crippen molar-refractivity contribution in [2.45, 2.75) is 47.6 Å². The number of aryl methyl sites for hydroxylation is 2. The van der Waals surface area contributed by atoms with Gasteiger partial charge in [0.1, 0.15) is 37.0 Å². The van der Waals surface area contributed by atoms with E-state index in [2.05, 4.69) is 4.98 Å². The van der Waals surface area contributed by atoms with Crippen molar-refractivity contribution >= 4 is 69.0 Å². The third-order valence-corrected chi connectivity index (χ3v) is 12.4. The molecular weight excluding hydrogens is 764 g/mol. The molecule has 0 bridgehead atoms. The molecule has 1 aliphatic heterocycles.